The van der Waals surface area contributed by atoms with Gasteiger partial charge in [-0.3, -0.25) is 18.4 Å². The van der Waals surface area contributed by atoms with E-state index in [9.17, 15) is 35.7 Å². The van der Waals surface area contributed by atoms with E-state index in [1.54, 1.807) is 0 Å². The maximum Gasteiger partial charge on any atom is 0.412 e. The predicted octanol–water partition coefficient (Wildman–Crippen LogP) is 2.81. The maximum absolute atomic E-state index is 11.8. The molecular weight excluding hydrogens is 309 g/mol. The lowest BCUT2D eigenvalue weighted by molar-refractivity contribution is -0.165. The van der Waals surface area contributed by atoms with Crippen molar-refractivity contribution in [2.24, 2.45) is 0 Å². The molecule has 0 radical (unpaired) electrons. The second-order valence-electron chi connectivity index (χ2n) is 3.26. The van der Waals surface area contributed by atoms with E-state index < -0.39 is 51.7 Å². The Balaban J connectivity index is 4.62. The molecule has 0 aromatic carbocycles. The summed E-state index contributed by atoms with van der Waals surface area (Å²) in [6.07, 6.45) is -11.9. The van der Waals surface area contributed by atoms with E-state index in [1.165, 1.54) is 0 Å². The first-order chi connectivity index (χ1) is 8.33. The van der Waals surface area contributed by atoms with Gasteiger partial charge in [0.2, 0.25) is 0 Å². The van der Waals surface area contributed by atoms with Crippen LogP contribution >= 0.6 is 7.60 Å². The highest BCUT2D eigenvalue weighted by Gasteiger charge is 2.38. The molecule has 0 spiro atoms. The first-order valence-electron chi connectivity index (χ1n) is 4.56. The number of carboxylic acids is 1. The second-order valence-corrected chi connectivity index (χ2v) is 5.44. The van der Waals surface area contributed by atoms with Crippen molar-refractivity contribution in [1.82, 2.24) is 0 Å². The number of rotatable bonds is 7. The van der Waals surface area contributed by atoms with Crippen molar-refractivity contribution in [1.29, 1.82) is 0 Å². The van der Waals surface area contributed by atoms with Crippen molar-refractivity contribution < 1.29 is 49.9 Å². The van der Waals surface area contributed by atoms with Crippen LogP contribution in [0.3, 0.4) is 0 Å². The second kappa shape index (κ2) is 6.58. The third-order valence-electron chi connectivity index (χ3n) is 1.45. The van der Waals surface area contributed by atoms with Crippen LogP contribution in [-0.4, -0.2) is 42.8 Å². The Bertz CT molecular complexity index is 329. The smallest absolute Gasteiger partial charge is 0.412 e. The minimum atomic E-state index is -4.93. The maximum atomic E-state index is 11.8. The van der Waals surface area contributed by atoms with E-state index in [2.05, 4.69) is 9.05 Å². The lowest BCUT2D eigenvalue weighted by atomic mass is 10.5. The molecule has 0 rings (SSSR count). The highest BCUT2D eigenvalue weighted by Crippen LogP contribution is 2.50. The van der Waals surface area contributed by atoms with Crippen LogP contribution in [0.15, 0.2) is 0 Å². The van der Waals surface area contributed by atoms with E-state index in [1.807, 2.05) is 0 Å². The molecule has 114 valence electrons. The molecule has 0 aromatic rings. The van der Waals surface area contributed by atoms with Crippen molar-refractivity contribution in [3.63, 3.8) is 0 Å². The fourth-order valence-electron chi connectivity index (χ4n) is 0.742. The average Bonchev–Trinajstić information content (AvgIpc) is 2.19. The number of carboxylic acid groups (broad SMARTS) is 1. The molecular formula is C7H9F6O5P. The van der Waals surface area contributed by atoms with Crippen LogP contribution in [0, 0.1) is 0 Å². The van der Waals surface area contributed by atoms with E-state index >= 15 is 0 Å². The molecule has 0 amide bonds. The van der Waals surface area contributed by atoms with E-state index in [0.717, 1.165) is 0 Å². The molecule has 0 unspecified atom stereocenters. The van der Waals surface area contributed by atoms with Crippen molar-refractivity contribution >= 4 is 13.6 Å². The summed E-state index contributed by atoms with van der Waals surface area (Å²) >= 11 is 0. The number of alkyl halides is 6. The van der Waals surface area contributed by atoms with Crippen molar-refractivity contribution in [2.75, 3.05) is 19.4 Å². The zero-order valence-corrected chi connectivity index (χ0v) is 10.0. The minimum Gasteiger partial charge on any atom is -0.481 e. The summed E-state index contributed by atoms with van der Waals surface area (Å²) in [5.41, 5.74) is 0. The van der Waals surface area contributed by atoms with Gasteiger partial charge in [-0.2, -0.15) is 26.3 Å². The number of halogens is 6. The molecule has 1 N–H and O–H groups in total. The molecule has 0 fully saturated rings. The van der Waals surface area contributed by atoms with Gasteiger partial charge in [0.15, 0.2) is 13.2 Å². The average molecular weight is 318 g/mol. The standard InChI is InChI=1S/C7H9F6O5P/c8-6(9,10)3-17-19(16,2-1-5(14)15)18-4-7(11,12)13/h1-4H2,(H,14,15). The molecule has 19 heavy (non-hydrogen) atoms. The lowest BCUT2D eigenvalue weighted by Gasteiger charge is -2.19. The number of carbonyl (C=O) groups is 1. The molecule has 0 aromatic heterocycles. The number of aliphatic carboxylic acids is 1. The van der Waals surface area contributed by atoms with Gasteiger partial charge in [0.1, 0.15) is 0 Å². The summed E-state index contributed by atoms with van der Waals surface area (Å²) in [5, 5.41) is 8.26. The Kier molecular flexibility index (Phi) is 6.30. The van der Waals surface area contributed by atoms with Crippen molar-refractivity contribution in [3.8, 4) is 0 Å². The van der Waals surface area contributed by atoms with Gasteiger partial charge in [0, 0.05) is 0 Å². The fourth-order valence-corrected chi connectivity index (χ4v) is 2.23. The van der Waals surface area contributed by atoms with Crippen LogP contribution in [0.25, 0.3) is 0 Å². The minimum absolute atomic E-state index is 0.951. The molecule has 0 aliphatic carbocycles. The monoisotopic (exact) mass is 318 g/mol. The van der Waals surface area contributed by atoms with Gasteiger partial charge in [0.05, 0.1) is 12.6 Å². The first kappa shape index (κ1) is 18.2. The molecule has 0 heterocycles. The molecule has 0 aliphatic rings. The summed E-state index contributed by atoms with van der Waals surface area (Å²) in [6, 6.07) is 0. The van der Waals surface area contributed by atoms with E-state index in [4.69, 9.17) is 5.11 Å². The van der Waals surface area contributed by atoms with Gasteiger partial charge in [-0.25, -0.2) is 0 Å². The summed E-state index contributed by atoms with van der Waals surface area (Å²) in [7, 11) is -4.79. The Morgan fingerprint density at radius 3 is 1.63 bits per heavy atom. The van der Waals surface area contributed by atoms with Gasteiger partial charge in [-0.1, -0.05) is 0 Å². The van der Waals surface area contributed by atoms with Crippen LogP contribution in [0.5, 0.6) is 0 Å². The largest absolute Gasteiger partial charge is 0.481 e. The molecule has 0 aliphatic heterocycles. The van der Waals surface area contributed by atoms with Crippen LogP contribution in [0.4, 0.5) is 26.3 Å². The molecule has 0 bridgehead atoms. The van der Waals surface area contributed by atoms with Crippen molar-refractivity contribution in [3.05, 3.63) is 0 Å². The number of hydrogen-bond donors (Lipinski definition) is 1. The Morgan fingerprint density at radius 1 is 1.00 bits per heavy atom. The predicted molar refractivity (Wildman–Crippen MR) is 48.7 cm³/mol. The molecule has 0 saturated carbocycles. The Hall–Kier alpha value is -0.800. The van der Waals surface area contributed by atoms with Crippen molar-refractivity contribution in [2.45, 2.75) is 18.8 Å². The van der Waals surface area contributed by atoms with Gasteiger partial charge < -0.3 is 5.11 Å². The molecule has 5 nitrogen and oxygen atoms in total. The highest BCUT2D eigenvalue weighted by molar-refractivity contribution is 7.53. The summed E-state index contributed by atoms with van der Waals surface area (Å²) in [5.74, 6) is -1.56. The lowest BCUT2D eigenvalue weighted by Crippen LogP contribution is -2.21. The van der Waals surface area contributed by atoms with Gasteiger partial charge in [-0.05, 0) is 0 Å². The quantitative estimate of drug-likeness (QED) is 0.577. The van der Waals surface area contributed by atoms with Gasteiger partial charge in [-0.15, -0.1) is 0 Å². The fraction of sp³-hybridized carbons (Fsp3) is 0.857. The summed E-state index contributed by atoms with van der Waals surface area (Å²) < 4.78 is 90.0. The zero-order chi connectivity index (χ0) is 15.3. The van der Waals surface area contributed by atoms with Crippen LogP contribution in [0.1, 0.15) is 6.42 Å². The van der Waals surface area contributed by atoms with E-state index in [0.29, 0.717) is 0 Å². The number of hydrogen-bond acceptors (Lipinski definition) is 4. The van der Waals surface area contributed by atoms with Gasteiger partial charge >= 0.3 is 25.9 Å². The van der Waals surface area contributed by atoms with Crippen LogP contribution < -0.4 is 0 Å². The molecule has 0 saturated heterocycles. The summed E-state index contributed by atoms with van der Waals surface area (Å²) in [4.78, 5) is 10.2. The topological polar surface area (TPSA) is 72.8 Å². The molecule has 0 atom stereocenters. The molecule has 12 heteroatoms. The normalized spacial score (nSPS) is 13.6. The zero-order valence-electron chi connectivity index (χ0n) is 9.12. The first-order valence-corrected chi connectivity index (χ1v) is 6.29. The third-order valence-corrected chi connectivity index (χ3v) is 3.27. The van der Waals surface area contributed by atoms with E-state index in [-0.39, 0.29) is 0 Å². The van der Waals surface area contributed by atoms with Crippen LogP contribution in [-0.2, 0) is 18.4 Å². The third kappa shape index (κ3) is 10.8. The van der Waals surface area contributed by atoms with Gasteiger partial charge in [0.25, 0.3) is 0 Å². The Labute approximate surface area is 103 Å². The SMILES string of the molecule is O=C(O)CCP(=O)(OCC(F)(F)F)OCC(F)(F)F. The highest BCUT2D eigenvalue weighted by atomic mass is 31.2. The summed E-state index contributed by atoms with van der Waals surface area (Å²) in [6.45, 7) is -4.19. The Morgan fingerprint density at radius 2 is 1.37 bits per heavy atom. The van der Waals surface area contributed by atoms with Crippen LogP contribution in [0.2, 0.25) is 0 Å².